The first-order valence-corrected chi connectivity index (χ1v) is 12.1. The van der Waals surface area contributed by atoms with E-state index in [1.165, 1.54) is 12.1 Å². The van der Waals surface area contributed by atoms with E-state index in [1.54, 1.807) is 12.1 Å². The van der Waals surface area contributed by atoms with Crippen LogP contribution in [-0.4, -0.2) is 33.3 Å². The second-order valence-electron chi connectivity index (χ2n) is 7.59. The SMILES string of the molecule is Cc1ccc(OCCCC(=O)Nc2cccc(S(=O)(=O)NC3=NCCCCC3)c2)cc1. The average molecular weight is 444 g/mol. The van der Waals surface area contributed by atoms with E-state index in [-0.39, 0.29) is 17.2 Å². The molecule has 3 rings (SSSR count). The number of nitrogens with zero attached hydrogens (tertiary/aromatic N) is 1. The van der Waals surface area contributed by atoms with Crippen LogP contribution in [0.2, 0.25) is 0 Å². The maximum Gasteiger partial charge on any atom is 0.262 e. The highest BCUT2D eigenvalue weighted by atomic mass is 32.2. The molecule has 0 radical (unpaired) electrons. The number of nitrogens with one attached hydrogen (secondary N) is 2. The van der Waals surface area contributed by atoms with Crippen molar-refractivity contribution >= 4 is 27.5 Å². The highest BCUT2D eigenvalue weighted by Gasteiger charge is 2.18. The fourth-order valence-electron chi connectivity index (χ4n) is 3.19. The minimum atomic E-state index is -3.74. The summed E-state index contributed by atoms with van der Waals surface area (Å²) in [7, 11) is -3.74. The van der Waals surface area contributed by atoms with Gasteiger partial charge in [-0.3, -0.25) is 14.5 Å². The van der Waals surface area contributed by atoms with Crippen molar-refractivity contribution in [1.29, 1.82) is 0 Å². The number of carbonyl (C=O) groups is 1. The molecule has 2 N–H and O–H groups in total. The zero-order chi connectivity index (χ0) is 22.1. The molecule has 31 heavy (non-hydrogen) atoms. The van der Waals surface area contributed by atoms with Gasteiger partial charge in [-0.05, 0) is 56.5 Å². The maximum atomic E-state index is 12.7. The fraction of sp³-hybridized carbons (Fsp3) is 0.391. The molecule has 0 saturated heterocycles. The lowest BCUT2D eigenvalue weighted by molar-refractivity contribution is -0.116. The Morgan fingerprint density at radius 2 is 1.90 bits per heavy atom. The van der Waals surface area contributed by atoms with Gasteiger partial charge in [0.2, 0.25) is 5.91 Å². The van der Waals surface area contributed by atoms with E-state index < -0.39 is 10.0 Å². The van der Waals surface area contributed by atoms with Crippen molar-refractivity contribution in [3.05, 3.63) is 54.1 Å². The predicted molar refractivity (Wildman–Crippen MR) is 122 cm³/mol. The first-order valence-electron chi connectivity index (χ1n) is 10.6. The molecular formula is C23H29N3O4S. The summed E-state index contributed by atoms with van der Waals surface area (Å²) in [6.45, 7) is 3.08. The highest BCUT2D eigenvalue weighted by Crippen LogP contribution is 2.17. The van der Waals surface area contributed by atoms with Crippen molar-refractivity contribution in [2.45, 2.75) is 50.3 Å². The third-order valence-electron chi connectivity index (χ3n) is 4.89. The van der Waals surface area contributed by atoms with E-state index in [9.17, 15) is 13.2 Å². The summed E-state index contributed by atoms with van der Waals surface area (Å²) >= 11 is 0. The number of hydrogen-bond acceptors (Lipinski definition) is 5. The van der Waals surface area contributed by atoms with E-state index in [0.717, 1.165) is 30.6 Å². The van der Waals surface area contributed by atoms with Gasteiger partial charge in [0, 0.05) is 25.1 Å². The standard InChI is InChI=1S/C23H29N3O4S/c1-18-11-13-20(14-12-18)30-16-6-10-23(27)25-19-7-5-8-21(17-19)31(28,29)26-22-9-3-2-4-15-24-22/h5,7-8,11-14,17H,2-4,6,9-10,15-16H2,1H3,(H,24,26)(H,25,27). The molecule has 2 aromatic carbocycles. The molecule has 0 fully saturated rings. The smallest absolute Gasteiger partial charge is 0.262 e. The Hall–Kier alpha value is -2.87. The van der Waals surface area contributed by atoms with E-state index in [2.05, 4.69) is 15.0 Å². The molecule has 0 unspecified atom stereocenters. The largest absolute Gasteiger partial charge is 0.494 e. The van der Waals surface area contributed by atoms with Crippen LogP contribution >= 0.6 is 0 Å². The number of ether oxygens (including phenoxy) is 1. The van der Waals surface area contributed by atoms with Gasteiger partial charge in [-0.2, -0.15) is 0 Å². The molecule has 1 aliphatic heterocycles. The fourth-order valence-corrected chi connectivity index (χ4v) is 4.33. The van der Waals surface area contributed by atoms with Crippen LogP contribution in [0.1, 0.15) is 44.1 Å². The van der Waals surface area contributed by atoms with Crippen LogP contribution in [0.4, 0.5) is 5.69 Å². The van der Waals surface area contributed by atoms with E-state index in [4.69, 9.17) is 4.74 Å². The van der Waals surface area contributed by atoms with Crippen molar-refractivity contribution in [2.75, 3.05) is 18.5 Å². The number of carbonyl (C=O) groups excluding carboxylic acids is 1. The number of aliphatic imine (C=N–C) groups is 1. The second kappa shape index (κ2) is 10.9. The van der Waals surface area contributed by atoms with Gasteiger partial charge < -0.3 is 10.1 Å². The molecule has 2 aromatic rings. The Bertz CT molecular complexity index is 1020. The van der Waals surface area contributed by atoms with Crippen LogP contribution in [0.25, 0.3) is 0 Å². The van der Waals surface area contributed by atoms with Crippen molar-refractivity contribution < 1.29 is 17.9 Å². The summed E-state index contributed by atoms with van der Waals surface area (Å²) in [5.74, 6) is 1.08. The first kappa shape index (κ1) is 22.8. The number of amides is 1. The van der Waals surface area contributed by atoms with Crippen LogP contribution < -0.4 is 14.8 Å². The van der Waals surface area contributed by atoms with Gasteiger partial charge in [0.25, 0.3) is 10.0 Å². The van der Waals surface area contributed by atoms with E-state index in [0.29, 0.717) is 37.5 Å². The average Bonchev–Trinajstić information content (AvgIpc) is 3.01. The van der Waals surface area contributed by atoms with Gasteiger partial charge in [-0.1, -0.05) is 30.2 Å². The predicted octanol–water partition coefficient (Wildman–Crippen LogP) is 4.04. The minimum Gasteiger partial charge on any atom is -0.494 e. The molecule has 1 aliphatic rings. The zero-order valence-corrected chi connectivity index (χ0v) is 18.6. The topological polar surface area (TPSA) is 96.9 Å². The summed E-state index contributed by atoms with van der Waals surface area (Å²) in [6, 6.07) is 14.0. The Morgan fingerprint density at radius 3 is 2.71 bits per heavy atom. The summed E-state index contributed by atoms with van der Waals surface area (Å²) in [4.78, 5) is 16.6. The van der Waals surface area contributed by atoms with Gasteiger partial charge in [-0.15, -0.1) is 0 Å². The Kier molecular flexibility index (Phi) is 8.06. The lowest BCUT2D eigenvalue weighted by Crippen LogP contribution is -2.30. The molecule has 0 atom stereocenters. The second-order valence-corrected chi connectivity index (χ2v) is 9.27. The number of sulfonamides is 1. The molecule has 1 heterocycles. The summed E-state index contributed by atoms with van der Waals surface area (Å²) in [6.07, 6.45) is 4.40. The summed E-state index contributed by atoms with van der Waals surface area (Å²) < 4.78 is 33.6. The van der Waals surface area contributed by atoms with Gasteiger partial charge in [0.05, 0.1) is 11.5 Å². The van der Waals surface area contributed by atoms with Crippen molar-refractivity contribution in [1.82, 2.24) is 4.72 Å². The van der Waals surface area contributed by atoms with E-state index in [1.807, 2.05) is 31.2 Å². The molecule has 0 bridgehead atoms. The Balaban J connectivity index is 1.50. The minimum absolute atomic E-state index is 0.0972. The third-order valence-corrected chi connectivity index (χ3v) is 6.27. The molecule has 1 amide bonds. The summed E-state index contributed by atoms with van der Waals surface area (Å²) in [5.41, 5.74) is 1.60. The molecule has 0 aliphatic carbocycles. The molecular weight excluding hydrogens is 414 g/mol. The van der Waals surface area contributed by atoms with Crippen LogP contribution in [0.15, 0.2) is 58.4 Å². The molecule has 7 nitrogen and oxygen atoms in total. The first-order chi connectivity index (χ1) is 14.9. The van der Waals surface area contributed by atoms with Crippen molar-refractivity contribution in [3.63, 3.8) is 0 Å². The molecule has 8 heteroatoms. The lowest BCUT2D eigenvalue weighted by atomic mass is 10.2. The van der Waals surface area contributed by atoms with E-state index >= 15 is 0 Å². The van der Waals surface area contributed by atoms with Crippen LogP contribution in [0.5, 0.6) is 5.75 Å². The Labute approximate surface area is 184 Å². The Morgan fingerprint density at radius 1 is 1.10 bits per heavy atom. The number of anilines is 1. The van der Waals surface area contributed by atoms with Gasteiger partial charge in [0.1, 0.15) is 11.6 Å². The number of rotatable bonds is 8. The lowest BCUT2D eigenvalue weighted by Gasteiger charge is -2.11. The number of hydrogen-bond donors (Lipinski definition) is 2. The van der Waals surface area contributed by atoms with Gasteiger partial charge in [0.15, 0.2) is 0 Å². The van der Waals surface area contributed by atoms with Crippen LogP contribution in [-0.2, 0) is 14.8 Å². The third kappa shape index (κ3) is 7.40. The van der Waals surface area contributed by atoms with Gasteiger partial charge in [-0.25, -0.2) is 8.42 Å². The molecule has 0 saturated carbocycles. The zero-order valence-electron chi connectivity index (χ0n) is 17.8. The normalized spacial score (nSPS) is 14.3. The quantitative estimate of drug-likeness (QED) is 0.602. The highest BCUT2D eigenvalue weighted by molar-refractivity contribution is 7.90. The number of benzene rings is 2. The van der Waals surface area contributed by atoms with Crippen molar-refractivity contribution in [3.8, 4) is 5.75 Å². The van der Waals surface area contributed by atoms with Crippen LogP contribution in [0.3, 0.4) is 0 Å². The maximum absolute atomic E-state index is 12.7. The molecule has 0 spiro atoms. The molecule has 0 aromatic heterocycles. The van der Waals surface area contributed by atoms with Crippen molar-refractivity contribution in [2.24, 2.45) is 4.99 Å². The summed E-state index contributed by atoms with van der Waals surface area (Å²) in [5, 5.41) is 2.76. The molecule has 166 valence electrons. The number of amidine groups is 1. The number of aryl methyl sites for hydroxylation is 1. The van der Waals surface area contributed by atoms with Gasteiger partial charge >= 0.3 is 0 Å². The van der Waals surface area contributed by atoms with Crippen LogP contribution in [0, 0.1) is 6.92 Å². The monoisotopic (exact) mass is 443 g/mol.